The number of nitrogens with zero attached hydrogens (tertiary/aromatic N) is 1. The second-order valence-electron chi connectivity index (χ2n) is 4.54. The quantitative estimate of drug-likeness (QED) is 0.610. The fourth-order valence-corrected chi connectivity index (χ4v) is 2.44. The Morgan fingerprint density at radius 3 is 2.94 bits per heavy atom. The van der Waals surface area contributed by atoms with E-state index in [4.69, 9.17) is 4.74 Å². The molecule has 0 aliphatic carbocycles. The lowest BCUT2D eigenvalue weighted by atomic mass is 10.2. The Hall–Kier alpha value is -0.120. The SMILES string of the molecule is CCOCCCNCCN1CCCC1CC. The number of ether oxygens (including phenoxy) is 1. The van der Waals surface area contributed by atoms with Gasteiger partial charge in [0.15, 0.2) is 0 Å². The predicted octanol–water partition coefficient (Wildman–Crippen LogP) is 1.88. The summed E-state index contributed by atoms with van der Waals surface area (Å²) in [7, 11) is 0. The van der Waals surface area contributed by atoms with Gasteiger partial charge in [-0.3, -0.25) is 4.90 Å². The smallest absolute Gasteiger partial charge is 0.0477 e. The van der Waals surface area contributed by atoms with Crippen molar-refractivity contribution >= 4 is 0 Å². The van der Waals surface area contributed by atoms with Gasteiger partial charge < -0.3 is 10.1 Å². The van der Waals surface area contributed by atoms with Crippen molar-refractivity contribution in [1.29, 1.82) is 0 Å². The highest BCUT2D eigenvalue weighted by molar-refractivity contribution is 4.78. The molecule has 0 aromatic carbocycles. The molecule has 1 aliphatic heterocycles. The zero-order valence-corrected chi connectivity index (χ0v) is 11.0. The fourth-order valence-electron chi connectivity index (χ4n) is 2.44. The largest absolute Gasteiger partial charge is 0.382 e. The summed E-state index contributed by atoms with van der Waals surface area (Å²) in [5, 5.41) is 3.49. The first-order chi connectivity index (χ1) is 7.88. The molecular weight excluding hydrogens is 200 g/mol. The van der Waals surface area contributed by atoms with E-state index in [1.54, 1.807) is 0 Å². The maximum atomic E-state index is 5.30. The van der Waals surface area contributed by atoms with Gasteiger partial charge in [-0.25, -0.2) is 0 Å². The van der Waals surface area contributed by atoms with Gasteiger partial charge in [0, 0.05) is 32.3 Å². The monoisotopic (exact) mass is 228 g/mol. The number of rotatable bonds is 9. The molecular formula is C13H28N2O. The molecule has 0 bridgehead atoms. The van der Waals surface area contributed by atoms with Crippen molar-refractivity contribution in [2.24, 2.45) is 0 Å². The third kappa shape index (κ3) is 5.28. The second-order valence-corrected chi connectivity index (χ2v) is 4.54. The molecule has 3 nitrogen and oxygen atoms in total. The van der Waals surface area contributed by atoms with Crippen LogP contribution in [0.1, 0.15) is 39.5 Å². The molecule has 1 N–H and O–H groups in total. The third-order valence-electron chi connectivity index (χ3n) is 3.39. The molecule has 1 fully saturated rings. The zero-order chi connectivity index (χ0) is 11.6. The second kappa shape index (κ2) is 8.97. The average Bonchev–Trinajstić information content (AvgIpc) is 2.75. The standard InChI is InChI=1S/C13H28N2O/c1-3-13-7-5-10-15(13)11-9-14-8-6-12-16-4-2/h13-14H,3-12H2,1-2H3. The lowest BCUT2D eigenvalue weighted by Gasteiger charge is -2.23. The number of nitrogens with one attached hydrogen (secondary N) is 1. The van der Waals surface area contributed by atoms with Crippen LogP contribution in [0.15, 0.2) is 0 Å². The fraction of sp³-hybridized carbons (Fsp3) is 1.00. The molecule has 1 unspecified atom stereocenters. The minimum atomic E-state index is 0.839. The Kier molecular flexibility index (Phi) is 7.81. The van der Waals surface area contributed by atoms with Crippen LogP contribution in [0.3, 0.4) is 0 Å². The van der Waals surface area contributed by atoms with E-state index in [1.807, 2.05) is 6.92 Å². The maximum absolute atomic E-state index is 5.30. The molecule has 96 valence electrons. The van der Waals surface area contributed by atoms with Crippen LogP contribution in [0.25, 0.3) is 0 Å². The molecule has 0 spiro atoms. The van der Waals surface area contributed by atoms with E-state index < -0.39 is 0 Å². The summed E-state index contributed by atoms with van der Waals surface area (Å²) in [4.78, 5) is 2.63. The van der Waals surface area contributed by atoms with E-state index in [1.165, 1.54) is 32.4 Å². The molecule has 0 aromatic heterocycles. The molecule has 0 amide bonds. The maximum Gasteiger partial charge on any atom is 0.0477 e. The van der Waals surface area contributed by atoms with E-state index in [2.05, 4.69) is 17.1 Å². The Morgan fingerprint density at radius 2 is 2.19 bits per heavy atom. The van der Waals surface area contributed by atoms with Crippen LogP contribution in [0.5, 0.6) is 0 Å². The molecule has 1 atom stereocenters. The van der Waals surface area contributed by atoms with Crippen LogP contribution in [-0.4, -0.2) is 50.3 Å². The summed E-state index contributed by atoms with van der Waals surface area (Å²) in [5.41, 5.74) is 0. The van der Waals surface area contributed by atoms with Gasteiger partial charge in [0.1, 0.15) is 0 Å². The lowest BCUT2D eigenvalue weighted by molar-refractivity contribution is 0.144. The average molecular weight is 228 g/mol. The van der Waals surface area contributed by atoms with Gasteiger partial charge in [-0.2, -0.15) is 0 Å². The van der Waals surface area contributed by atoms with Crippen LogP contribution in [0.4, 0.5) is 0 Å². The molecule has 0 radical (unpaired) electrons. The van der Waals surface area contributed by atoms with Gasteiger partial charge in [0.25, 0.3) is 0 Å². The van der Waals surface area contributed by atoms with E-state index in [0.717, 1.165) is 38.8 Å². The highest BCUT2D eigenvalue weighted by atomic mass is 16.5. The van der Waals surface area contributed by atoms with Crippen molar-refractivity contribution in [3.63, 3.8) is 0 Å². The minimum Gasteiger partial charge on any atom is -0.382 e. The van der Waals surface area contributed by atoms with Crippen molar-refractivity contribution in [2.45, 2.75) is 45.6 Å². The van der Waals surface area contributed by atoms with Crippen molar-refractivity contribution in [3.05, 3.63) is 0 Å². The molecule has 0 aromatic rings. The molecule has 16 heavy (non-hydrogen) atoms. The Bertz CT molecular complexity index is 164. The Labute approximate surface area is 101 Å². The number of hydrogen-bond donors (Lipinski definition) is 1. The third-order valence-corrected chi connectivity index (χ3v) is 3.39. The van der Waals surface area contributed by atoms with E-state index in [0.29, 0.717) is 0 Å². The molecule has 1 saturated heterocycles. The van der Waals surface area contributed by atoms with Gasteiger partial charge in [-0.1, -0.05) is 6.92 Å². The summed E-state index contributed by atoms with van der Waals surface area (Å²) < 4.78 is 5.30. The van der Waals surface area contributed by atoms with Crippen LogP contribution >= 0.6 is 0 Å². The molecule has 1 rings (SSSR count). The summed E-state index contributed by atoms with van der Waals surface area (Å²) >= 11 is 0. The van der Waals surface area contributed by atoms with Crippen LogP contribution in [-0.2, 0) is 4.74 Å². The Balaban J connectivity index is 1.90. The minimum absolute atomic E-state index is 0.839. The Morgan fingerprint density at radius 1 is 1.31 bits per heavy atom. The summed E-state index contributed by atoms with van der Waals surface area (Å²) in [5.74, 6) is 0. The zero-order valence-electron chi connectivity index (χ0n) is 11.0. The summed E-state index contributed by atoms with van der Waals surface area (Å²) in [6.45, 7) is 10.8. The highest BCUT2D eigenvalue weighted by Gasteiger charge is 2.21. The normalized spacial score (nSPS) is 21.8. The van der Waals surface area contributed by atoms with E-state index in [9.17, 15) is 0 Å². The number of hydrogen-bond acceptors (Lipinski definition) is 3. The van der Waals surface area contributed by atoms with Crippen LogP contribution in [0.2, 0.25) is 0 Å². The molecule has 3 heteroatoms. The van der Waals surface area contributed by atoms with Gasteiger partial charge in [-0.15, -0.1) is 0 Å². The van der Waals surface area contributed by atoms with Crippen molar-refractivity contribution in [1.82, 2.24) is 10.2 Å². The van der Waals surface area contributed by atoms with Gasteiger partial charge in [0.2, 0.25) is 0 Å². The predicted molar refractivity (Wildman–Crippen MR) is 68.9 cm³/mol. The first-order valence-corrected chi connectivity index (χ1v) is 6.91. The van der Waals surface area contributed by atoms with Gasteiger partial charge >= 0.3 is 0 Å². The van der Waals surface area contributed by atoms with Crippen molar-refractivity contribution in [2.75, 3.05) is 39.4 Å². The van der Waals surface area contributed by atoms with Crippen LogP contribution < -0.4 is 5.32 Å². The van der Waals surface area contributed by atoms with Crippen molar-refractivity contribution < 1.29 is 4.74 Å². The first kappa shape index (κ1) is 13.9. The highest BCUT2D eigenvalue weighted by Crippen LogP contribution is 2.18. The lowest BCUT2D eigenvalue weighted by Crippen LogP contribution is -2.35. The summed E-state index contributed by atoms with van der Waals surface area (Å²) in [6.07, 6.45) is 5.24. The van der Waals surface area contributed by atoms with Gasteiger partial charge in [-0.05, 0) is 45.7 Å². The molecule has 1 aliphatic rings. The first-order valence-electron chi connectivity index (χ1n) is 6.91. The molecule has 1 heterocycles. The topological polar surface area (TPSA) is 24.5 Å². The van der Waals surface area contributed by atoms with Crippen LogP contribution in [0, 0.1) is 0 Å². The van der Waals surface area contributed by atoms with Gasteiger partial charge in [0.05, 0.1) is 0 Å². The van der Waals surface area contributed by atoms with E-state index >= 15 is 0 Å². The number of likely N-dealkylation sites (tertiary alicyclic amines) is 1. The van der Waals surface area contributed by atoms with Crippen molar-refractivity contribution in [3.8, 4) is 0 Å². The molecule has 0 saturated carbocycles. The summed E-state index contributed by atoms with van der Waals surface area (Å²) in [6, 6.07) is 0.852. The van der Waals surface area contributed by atoms with E-state index in [-0.39, 0.29) is 0 Å².